The zero-order chi connectivity index (χ0) is 24.0. The van der Waals surface area contributed by atoms with E-state index in [4.69, 9.17) is 0 Å². The molecule has 4 rings (SSSR count). The number of nitrogens with zero attached hydrogens (tertiary/aromatic N) is 2. The van der Waals surface area contributed by atoms with Gasteiger partial charge in [-0.2, -0.15) is 13.2 Å². The highest BCUT2D eigenvalue weighted by Crippen LogP contribution is 2.38. The molecule has 0 unspecified atom stereocenters. The molecule has 0 spiro atoms. The van der Waals surface area contributed by atoms with Crippen molar-refractivity contribution in [3.63, 3.8) is 0 Å². The summed E-state index contributed by atoms with van der Waals surface area (Å²) in [4.78, 5) is 19.0. The molecule has 33 heavy (non-hydrogen) atoms. The van der Waals surface area contributed by atoms with Crippen LogP contribution in [0.2, 0.25) is 0 Å². The second-order valence-corrected chi connectivity index (χ2v) is 10.3. The van der Waals surface area contributed by atoms with Gasteiger partial charge in [-0.3, -0.25) is 9.78 Å². The number of anilines is 1. The van der Waals surface area contributed by atoms with Crippen molar-refractivity contribution in [2.45, 2.75) is 37.3 Å². The van der Waals surface area contributed by atoms with Crippen molar-refractivity contribution in [3.8, 4) is 11.1 Å². The van der Waals surface area contributed by atoms with Crippen molar-refractivity contribution < 1.29 is 26.4 Å². The van der Waals surface area contributed by atoms with E-state index >= 15 is 0 Å². The lowest BCUT2D eigenvalue weighted by Gasteiger charge is -2.29. The second-order valence-electron chi connectivity index (χ2n) is 8.32. The van der Waals surface area contributed by atoms with Crippen LogP contribution in [0.25, 0.3) is 22.0 Å². The van der Waals surface area contributed by atoms with Crippen LogP contribution < -0.4 is 4.90 Å². The van der Waals surface area contributed by atoms with Gasteiger partial charge in [0.25, 0.3) is 5.78 Å². The third kappa shape index (κ3) is 4.59. The SMILES string of the molecule is Cc1nc2ccc(N3CCCCC3)cc2c(-c2ccc(S(C)(=O)=O)cc2)c1C(=O)C(F)(F)F. The Kier molecular flexibility index (Phi) is 5.94. The number of alkyl halides is 3. The average molecular weight is 477 g/mol. The standard InChI is InChI=1S/C24H23F3N2O3S/c1-15-21(23(30)24(25,26)27)22(16-6-9-18(10-7-16)33(2,31)32)19-14-17(8-11-20(19)28-15)29-12-4-3-5-13-29/h6-11,14H,3-5,12-13H2,1-2H3. The van der Waals surface area contributed by atoms with E-state index in [1.54, 1.807) is 12.1 Å². The van der Waals surface area contributed by atoms with Crippen molar-refractivity contribution in [1.82, 2.24) is 4.98 Å². The normalized spacial score (nSPS) is 15.1. The lowest BCUT2D eigenvalue weighted by Crippen LogP contribution is -2.29. The van der Waals surface area contributed by atoms with Crippen LogP contribution in [0.3, 0.4) is 0 Å². The van der Waals surface area contributed by atoms with Gasteiger partial charge in [-0.1, -0.05) is 12.1 Å². The third-order valence-corrected chi connectivity index (χ3v) is 7.05. The number of pyridine rings is 1. The molecule has 2 aromatic carbocycles. The number of hydrogen-bond donors (Lipinski definition) is 0. The van der Waals surface area contributed by atoms with E-state index in [2.05, 4.69) is 9.88 Å². The van der Waals surface area contributed by atoms with E-state index in [1.165, 1.54) is 31.2 Å². The molecule has 3 aromatic rings. The molecule has 0 atom stereocenters. The Morgan fingerprint density at radius 3 is 2.21 bits per heavy atom. The number of hydrogen-bond acceptors (Lipinski definition) is 5. The molecule has 1 aromatic heterocycles. The molecule has 1 saturated heterocycles. The first-order valence-electron chi connectivity index (χ1n) is 10.6. The van der Waals surface area contributed by atoms with E-state index in [1.807, 2.05) is 6.07 Å². The van der Waals surface area contributed by atoms with Crippen LogP contribution >= 0.6 is 0 Å². The van der Waals surface area contributed by atoms with Gasteiger partial charge >= 0.3 is 6.18 Å². The molecule has 2 heterocycles. The van der Waals surface area contributed by atoms with Crippen molar-refractivity contribution in [3.05, 3.63) is 53.7 Å². The summed E-state index contributed by atoms with van der Waals surface area (Å²) >= 11 is 0. The van der Waals surface area contributed by atoms with E-state index in [9.17, 15) is 26.4 Å². The maximum Gasteiger partial charge on any atom is 0.454 e. The Balaban J connectivity index is 2.00. The molecular weight excluding hydrogens is 453 g/mol. The van der Waals surface area contributed by atoms with Crippen LogP contribution in [0.4, 0.5) is 18.9 Å². The summed E-state index contributed by atoms with van der Waals surface area (Å²) < 4.78 is 64.3. The molecule has 0 amide bonds. The van der Waals surface area contributed by atoms with Crippen LogP contribution in [0.5, 0.6) is 0 Å². The smallest absolute Gasteiger partial charge is 0.372 e. The zero-order valence-corrected chi connectivity index (χ0v) is 19.1. The summed E-state index contributed by atoms with van der Waals surface area (Å²) in [6.45, 7) is 3.07. The van der Waals surface area contributed by atoms with Gasteiger partial charge in [0.1, 0.15) is 0 Å². The Bertz CT molecular complexity index is 1330. The highest BCUT2D eigenvalue weighted by molar-refractivity contribution is 7.90. The van der Waals surface area contributed by atoms with Crippen molar-refractivity contribution in [1.29, 1.82) is 0 Å². The molecule has 0 N–H and O–H groups in total. The number of aryl methyl sites for hydroxylation is 1. The van der Waals surface area contributed by atoms with Gasteiger partial charge in [-0.25, -0.2) is 8.42 Å². The largest absolute Gasteiger partial charge is 0.454 e. The van der Waals surface area contributed by atoms with Gasteiger partial charge in [-0.15, -0.1) is 0 Å². The fourth-order valence-electron chi connectivity index (χ4n) is 4.31. The molecular formula is C24H23F3N2O3S. The Labute approximate surface area is 190 Å². The minimum absolute atomic E-state index is 0.0299. The Morgan fingerprint density at radius 2 is 1.64 bits per heavy atom. The van der Waals surface area contributed by atoms with Crippen LogP contribution in [0.1, 0.15) is 35.3 Å². The number of aromatic nitrogens is 1. The maximum atomic E-state index is 13.5. The molecule has 1 aliphatic heterocycles. The number of sulfone groups is 1. The zero-order valence-electron chi connectivity index (χ0n) is 18.2. The maximum absolute atomic E-state index is 13.5. The average Bonchev–Trinajstić information content (AvgIpc) is 2.77. The van der Waals surface area contributed by atoms with Crippen molar-refractivity contribution in [2.75, 3.05) is 24.2 Å². The van der Waals surface area contributed by atoms with Gasteiger partial charge in [0.05, 0.1) is 16.0 Å². The minimum atomic E-state index is -5.08. The summed E-state index contributed by atoms with van der Waals surface area (Å²) in [5.41, 5.74) is 1.21. The predicted molar refractivity (Wildman–Crippen MR) is 121 cm³/mol. The number of Topliss-reactive ketones (excluding diaryl/α,β-unsaturated/α-hetero) is 1. The van der Waals surface area contributed by atoms with Gasteiger partial charge in [-0.05, 0) is 62.1 Å². The van der Waals surface area contributed by atoms with E-state index in [-0.39, 0.29) is 16.2 Å². The monoisotopic (exact) mass is 476 g/mol. The second kappa shape index (κ2) is 8.44. The summed E-state index contributed by atoms with van der Waals surface area (Å²) in [5, 5.41) is 0.420. The highest BCUT2D eigenvalue weighted by atomic mass is 32.2. The number of ketones is 1. The summed E-state index contributed by atoms with van der Waals surface area (Å²) in [6, 6.07) is 11.0. The highest BCUT2D eigenvalue weighted by Gasteiger charge is 2.42. The number of carbonyl (C=O) groups is 1. The number of rotatable bonds is 4. The molecule has 5 nitrogen and oxygen atoms in total. The quantitative estimate of drug-likeness (QED) is 0.475. The first-order valence-corrected chi connectivity index (χ1v) is 12.5. The predicted octanol–water partition coefficient (Wildman–Crippen LogP) is 5.35. The molecule has 1 fully saturated rings. The van der Waals surface area contributed by atoms with Crippen LogP contribution in [0.15, 0.2) is 47.4 Å². The fraction of sp³-hybridized carbons (Fsp3) is 0.333. The first-order chi connectivity index (χ1) is 15.5. The molecule has 0 aliphatic carbocycles. The van der Waals surface area contributed by atoms with Crippen molar-refractivity contribution >= 4 is 32.2 Å². The van der Waals surface area contributed by atoms with Gasteiger partial charge in [0, 0.05) is 41.7 Å². The van der Waals surface area contributed by atoms with Gasteiger partial charge in [0.15, 0.2) is 9.84 Å². The van der Waals surface area contributed by atoms with Crippen LogP contribution in [-0.4, -0.2) is 44.7 Å². The lowest BCUT2D eigenvalue weighted by atomic mass is 9.91. The molecule has 174 valence electrons. The molecule has 0 saturated carbocycles. The molecule has 9 heteroatoms. The number of benzene rings is 2. The first kappa shape index (κ1) is 23.2. The number of halogens is 3. The van der Waals surface area contributed by atoms with Crippen LogP contribution in [0, 0.1) is 6.92 Å². The number of piperidine rings is 1. The summed E-state index contributed by atoms with van der Waals surface area (Å²) in [7, 11) is -3.49. The van der Waals surface area contributed by atoms with Gasteiger partial charge < -0.3 is 4.90 Å². The fourth-order valence-corrected chi connectivity index (χ4v) is 4.94. The summed E-state index contributed by atoms with van der Waals surface area (Å²) in [5.74, 6) is -1.97. The number of carbonyl (C=O) groups excluding carboxylic acids is 1. The van der Waals surface area contributed by atoms with Gasteiger partial charge in [0.2, 0.25) is 0 Å². The molecule has 1 aliphatic rings. The lowest BCUT2D eigenvalue weighted by molar-refractivity contribution is -0.0885. The summed E-state index contributed by atoms with van der Waals surface area (Å²) in [6.07, 6.45) is -0.833. The number of fused-ring (bicyclic) bond motifs is 1. The van der Waals surface area contributed by atoms with Crippen LogP contribution in [-0.2, 0) is 9.84 Å². The van der Waals surface area contributed by atoms with E-state index in [0.717, 1.165) is 44.3 Å². The third-order valence-electron chi connectivity index (χ3n) is 5.93. The minimum Gasteiger partial charge on any atom is -0.372 e. The topological polar surface area (TPSA) is 67.3 Å². The van der Waals surface area contributed by atoms with Crippen molar-refractivity contribution in [2.24, 2.45) is 0 Å². The Morgan fingerprint density at radius 1 is 1.00 bits per heavy atom. The molecule has 0 bridgehead atoms. The van der Waals surface area contributed by atoms with E-state index < -0.39 is 27.4 Å². The van der Waals surface area contributed by atoms with E-state index in [0.29, 0.717) is 16.5 Å². The Hall–Kier alpha value is -2.94. The molecule has 0 radical (unpaired) electrons.